The normalized spacial score (nSPS) is 16.0. The average Bonchev–Trinajstić information content (AvgIpc) is 2.44. The molecular formula is C13H20ClN5. The van der Waals surface area contributed by atoms with Crippen LogP contribution >= 0.6 is 11.6 Å². The van der Waals surface area contributed by atoms with Crippen molar-refractivity contribution in [3.8, 4) is 0 Å². The second kappa shape index (κ2) is 7.28. The molecule has 19 heavy (non-hydrogen) atoms. The largest absolute Gasteiger partial charge is 0.354 e. The van der Waals surface area contributed by atoms with Gasteiger partial charge in [-0.15, -0.1) is 0 Å². The predicted molar refractivity (Wildman–Crippen MR) is 78.8 cm³/mol. The lowest BCUT2D eigenvalue weighted by atomic mass is 10.1. The van der Waals surface area contributed by atoms with E-state index in [1.54, 1.807) is 0 Å². The molecule has 0 radical (unpaired) electrons. The number of halogens is 1. The summed E-state index contributed by atoms with van der Waals surface area (Å²) in [5.41, 5.74) is 0. The smallest absolute Gasteiger partial charge is 0.231 e. The molecule has 0 bridgehead atoms. The first-order chi connectivity index (χ1) is 9.29. The minimum Gasteiger partial charge on any atom is -0.354 e. The van der Waals surface area contributed by atoms with Crippen molar-refractivity contribution in [3.05, 3.63) is 17.4 Å². The number of rotatable bonds is 5. The van der Waals surface area contributed by atoms with Gasteiger partial charge in [-0.2, -0.15) is 15.0 Å². The molecule has 0 spiro atoms. The quantitative estimate of drug-likeness (QED) is 0.664. The van der Waals surface area contributed by atoms with E-state index >= 15 is 0 Å². The van der Waals surface area contributed by atoms with Crippen LogP contribution in [0.25, 0.3) is 0 Å². The lowest BCUT2D eigenvalue weighted by Gasteiger charge is -2.26. The molecule has 1 aromatic heterocycles. The topological polar surface area (TPSA) is 53.9 Å². The van der Waals surface area contributed by atoms with Crippen molar-refractivity contribution in [1.29, 1.82) is 0 Å². The maximum Gasteiger partial charge on any atom is 0.231 e. The highest BCUT2D eigenvalue weighted by Gasteiger charge is 2.15. The van der Waals surface area contributed by atoms with Gasteiger partial charge in [0.25, 0.3) is 0 Å². The molecule has 0 saturated carbocycles. The van der Waals surface area contributed by atoms with Gasteiger partial charge in [0.15, 0.2) is 0 Å². The Morgan fingerprint density at radius 1 is 1.21 bits per heavy atom. The number of aromatic nitrogens is 3. The molecule has 1 saturated heterocycles. The Bertz CT molecular complexity index is 429. The third kappa shape index (κ3) is 4.35. The maximum atomic E-state index is 5.97. The molecule has 1 aromatic rings. The summed E-state index contributed by atoms with van der Waals surface area (Å²) in [6, 6.07) is 0. The van der Waals surface area contributed by atoms with Gasteiger partial charge in [0.2, 0.25) is 17.2 Å². The molecule has 2 heterocycles. The Morgan fingerprint density at radius 2 is 2.00 bits per heavy atom. The zero-order valence-electron chi connectivity index (χ0n) is 11.3. The van der Waals surface area contributed by atoms with Gasteiger partial charge in [0, 0.05) is 19.6 Å². The summed E-state index contributed by atoms with van der Waals surface area (Å²) in [5.74, 6) is 1.25. The van der Waals surface area contributed by atoms with E-state index in [1.807, 2.05) is 13.0 Å². The van der Waals surface area contributed by atoms with Gasteiger partial charge in [-0.3, -0.25) is 0 Å². The van der Waals surface area contributed by atoms with Crippen LogP contribution in [-0.4, -0.2) is 34.6 Å². The fourth-order valence-electron chi connectivity index (χ4n) is 2.09. The number of nitrogens with one attached hydrogen (secondary N) is 1. The van der Waals surface area contributed by atoms with Crippen LogP contribution in [0.4, 0.5) is 11.9 Å². The molecule has 0 atom stereocenters. The lowest BCUT2D eigenvalue weighted by Crippen LogP contribution is -2.31. The Balaban J connectivity index is 2.01. The maximum absolute atomic E-state index is 5.97. The number of hydrogen-bond donors (Lipinski definition) is 1. The van der Waals surface area contributed by atoms with E-state index in [9.17, 15) is 0 Å². The van der Waals surface area contributed by atoms with E-state index < -0.39 is 0 Å². The van der Waals surface area contributed by atoms with Crippen LogP contribution in [0.5, 0.6) is 0 Å². The Kier molecular flexibility index (Phi) is 5.39. The number of hydrogen-bond acceptors (Lipinski definition) is 5. The second-order valence-electron chi connectivity index (χ2n) is 4.56. The first-order valence-electron chi connectivity index (χ1n) is 6.81. The van der Waals surface area contributed by atoms with Crippen LogP contribution in [0.3, 0.4) is 0 Å². The highest BCUT2D eigenvalue weighted by atomic mass is 35.5. The van der Waals surface area contributed by atoms with Crippen molar-refractivity contribution in [2.45, 2.75) is 32.6 Å². The van der Waals surface area contributed by atoms with Gasteiger partial charge in [0.05, 0.1) is 0 Å². The van der Waals surface area contributed by atoms with Crippen molar-refractivity contribution in [3.63, 3.8) is 0 Å². The van der Waals surface area contributed by atoms with E-state index in [0.717, 1.165) is 26.1 Å². The molecule has 6 heteroatoms. The van der Waals surface area contributed by atoms with Crippen LogP contribution in [0, 0.1) is 0 Å². The Labute approximate surface area is 119 Å². The van der Waals surface area contributed by atoms with E-state index in [2.05, 4.69) is 31.2 Å². The minimum absolute atomic E-state index is 0.254. The molecule has 0 aliphatic carbocycles. The van der Waals surface area contributed by atoms with Crippen LogP contribution in [0.1, 0.15) is 32.6 Å². The summed E-state index contributed by atoms with van der Waals surface area (Å²) in [6.45, 7) is 4.80. The van der Waals surface area contributed by atoms with Gasteiger partial charge in [0.1, 0.15) is 0 Å². The van der Waals surface area contributed by atoms with Gasteiger partial charge in [-0.05, 0) is 44.2 Å². The van der Waals surface area contributed by atoms with E-state index in [4.69, 9.17) is 11.6 Å². The molecule has 1 fully saturated rings. The molecule has 5 nitrogen and oxygen atoms in total. The molecule has 0 aromatic carbocycles. The van der Waals surface area contributed by atoms with Gasteiger partial charge < -0.3 is 10.2 Å². The summed E-state index contributed by atoms with van der Waals surface area (Å²) >= 11 is 5.97. The van der Waals surface area contributed by atoms with Crippen molar-refractivity contribution in [1.82, 2.24) is 15.0 Å². The van der Waals surface area contributed by atoms with Gasteiger partial charge in [-0.25, -0.2) is 0 Å². The zero-order valence-corrected chi connectivity index (χ0v) is 12.0. The zero-order chi connectivity index (χ0) is 13.5. The van der Waals surface area contributed by atoms with E-state index in [-0.39, 0.29) is 5.28 Å². The number of piperidine rings is 1. The van der Waals surface area contributed by atoms with Crippen molar-refractivity contribution >= 4 is 23.5 Å². The molecule has 1 aliphatic rings. The van der Waals surface area contributed by atoms with Crippen LogP contribution in [0.2, 0.25) is 5.28 Å². The minimum atomic E-state index is 0.254. The van der Waals surface area contributed by atoms with E-state index in [0.29, 0.717) is 11.9 Å². The molecule has 2 rings (SSSR count). The summed E-state index contributed by atoms with van der Waals surface area (Å²) in [5, 5.41) is 3.43. The monoisotopic (exact) mass is 281 g/mol. The first kappa shape index (κ1) is 14.1. The number of anilines is 2. The predicted octanol–water partition coefficient (Wildman–Crippen LogP) is 2.89. The summed E-state index contributed by atoms with van der Waals surface area (Å²) < 4.78 is 0. The standard InChI is InChI=1S/C13H20ClN5/c1-2-3-5-8-15-12-16-11(14)17-13(18-12)19-9-6-4-7-10-19/h2-3H,4-10H2,1H3,(H,15,16,17,18)/b3-2+. The third-order valence-corrected chi connectivity index (χ3v) is 3.23. The van der Waals surface area contributed by atoms with Gasteiger partial charge in [-0.1, -0.05) is 12.2 Å². The fourth-order valence-corrected chi connectivity index (χ4v) is 2.24. The lowest BCUT2D eigenvalue weighted by molar-refractivity contribution is 0.567. The van der Waals surface area contributed by atoms with E-state index in [1.165, 1.54) is 19.3 Å². The molecular weight excluding hydrogens is 262 g/mol. The van der Waals surface area contributed by atoms with Gasteiger partial charge >= 0.3 is 0 Å². The summed E-state index contributed by atoms with van der Waals surface area (Å²) in [6.07, 6.45) is 8.73. The molecule has 1 N–H and O–H groups in total. The van der Waals surface area contributed by atoms with Crippen LogP contribution in [0.15, 0.2) is 12.2 Å². The first-order valence-corrected chi connectivity index (χ1v) is 7.19. The summed E-state index contributed by atoms with van der Waals surface area (Å²) in [7, 11) is 0. The molecule has 1 aliphatic heterocycles. The average molecular weight is 282 g/mol. The number of nitrogens with zero attached hydrogens (tertiary/aromatic N) is 4. The fraction of sp³-hybridized carbons (Fsp3) is 0.615. The molecule has 0 amide bonds. The number of allylic oxidation sites excluding steroid dienone is 1. The second-order valence-corrected chi connectivity index (χ2v) is 4.90. The van der Waals surface area contributed by atoms with Crippen molar-refractivity contribution in [2.24, 2.45) is 0 Å². The third-order valence-electron chi connectivity index (χ3n) is 3.07. The molecule has 0 unspecified atom stereocenters. The van der Waals surface area contributed by atoms with Crippen molar-refractivity contribution < 1.29 is 0 Å². The SMILES string of the molecule is C/C=C/CCNc1nc(Cl)nc(N2CCCCC2)n1. The van der Waals surface area contributed by atoms with Crippen LogP contribution in [-0.2, 0) is 0 Å². The van der Waals surface area contributed by atoms with Crippen LogP contribution < -0.4 is 10.2 Å². The Morgan fingerprint density at radius 3 is 2.74 bits per heavy atom. The highest BCUT2D eigenvalue weighted by molar-refractivity contribution is 6.28. The highest BCUT2D eigenvalue weighted by Crippen LogP contribution is 2.18. The van der Waals surface area contributed by atoms with Crippen molar-refractivity contribution in [2.75, 3.05) is 29.9 Å². The molecule has 104 valence electrons. The Hall–Kier alpha value is -1.36. The summed E-state index contributed by atoms with van der Waals surface area (Å²) in [4.78, 5) is 14.9.